The van der Waals surface area contributed by atoms with Gasteiger partial charge in [0.05, 0.1) is 0 Å². The van der Waals surface area contributed by atoms with Crippen molar-refractivity contribution >= 4 is 6.72 Å². The minimum atomic E-state index is -4.76. The molecular weight excluding hydrogens is 209 g/mol. The van der Waals surface area contributed by atoms with E-state index in [4.69, 9.17) is 10.8 Å². The Morgan fingerprint density at radius 3 is 2.33 bits per heavy atom. The van der Waals surface area contributed by atoms with E-state index in [1.54, 1.807) is 0 Å². The third kappa shape index (κ3) is 1.94. The molecule has 1 unspecified atom stereocenters. The summed E-state index contributed by atoms with van der Waals surface area (Å²) >= 11 is 0. The van der Waals surface area contributed by atoms with Gasteiger partial charge in [-0.1, -0.05) is 12.1 Å². The van der Waals surface area contributed by atoms with Gasteiger partial charge in [-0.15, -0.1) is 0 Å². The number of halogens is 3. The first-order valence-corrected chi connectivity index (χ1v) is 3.94. The van der Waals surface area contributed by atoms with E-state index in [0.717, 1.165) is 12.1 Å². The van der Waals surface area contributed by atoms with E-state index in [1.165, 1.54) is 12.1 Å². The highest BCUT2D eigenvalue weighted by atomic mass is 19.4. The fourth-order valence-corrected chi connectivity index (χ4v) is 1.09. The highest BCUT2D eigenvalue weighted by Gasteiger charge is 2.53. The molecule has 82 valence electrons. The summed E-state index contributed by atoms with van der Waals surface area (Å²) in [4.78, 5) is 2.89. The highest BCUT2D eigenvalue weighted by Crippen LogP contribution is 2.38. The van der Waals surface area contributed by atoms with Gasteiger partial charge in [-0.25, -0.2) is 0 Å². The van der Waals surface area contributed by atoms with Gasteiger partial charge in [0.1, 0.15) is 5.75 Å². The topological polar surface area (TPSA) is 58.6 Å². The smallest absolute Gasteiger partial charge is 0.431 e. The van der Waals surface area contributed by atoms with E-state index >= 15 is 0 Å². The Balaban J connectivity index is 3.30. The number of phenolic OH excluding ortho intramolecular Hbond substituents is 1. The van der Waals surface area contributed by atoms with E-state index in [0.29, 0.717) is 0 Å². The number of hydrogen-bond acceptors (Lipinski definition) is 3. The fourth-order valence-electron chi connectivity index (χ4n) is 1.09. The van der Waals surface area contributed by atoms with E-state index in [1.807, 2.05) is 0 Å². The summed E-state index contributed by atoms with van der Waals surface area (Å²) in [5, 5.41) is 9.05. The Morgan fingerprint density at radius 1 is 1.33 bits per heavy atom. The van der Waals surface area contributed by atoms with Gasteiger partial charge in [0.25, 0.3) is 0 Å². The van der Waals surface area contributed by atoms with Crippen LogP contribution in [0.4, 0.5) is 13.2 Å². The van der Waals surface area contributed by atoms with Gasteiger partial charge in [-0.3, -0.25) is 10.7 Å². The summed E-state index contributed by atoms with van der Waals surface area (Å²) < 4.78 is 37.7. The molecule has 0 radical (unpaired) electrons. The monoisotopic (exact) mass is 218 g/mol. The van der Waals surface area contributed by atoms with Crippen LogP contribution in [-0.2, 0) is 5.66 Å². The SMILES string of the molecule is C=NC(N)(c1cccc(O)c1)C(F)(F)F. The van der Waals surface area contributed by atoms with E-state index < -0.39 is 11.8 Å². The zero-order chi connectivity index (χ0) is 11.7. The van der Waals surface area contributed by atoms with Crippen molar-refractivity contribution in [1.82, 2.24) is 0 Å². The van der Waals surface area contributed by atoms with Crippen LogP contribution >= 0.6 is 0 Å². The normalized spacial score (nSPS) is 15.7. The summed E-state index contributed by atoms with van der Waals surface area (Å²) in [5.41, 5.74) is 1.86. The Labute approximate surface area is 84.1 Å². The lowest BCUT2D eigenvalue weighted by Gasteiger charge is -2.27. The second-order valence-corrected chi connectivity index (χ2v) is 2.97. The molecular formula is C9H9F3N2O. The van der Waals surface area contributed by atoms with Gasteiger partial charge in [-0.2, -0.15) is 13.2 Å². The molecule has 0 saturated carbocycles. The number of phenols is 1. The summed E-state index contributed by atoms with van der Waals surface area (Å²) in [6.45, 7) is 2.83. The second-order valence-electron chi connectivity index (χ2n) is 2.97. The minimum Gasteiger partial charge on any atom is -0.508 e. The van der Waals surface area contributed by atoms with Crippen molar-refractivity contribution in [2.75, 3.05) is 0 Å². The van der Waals surface area contributed by atoms with E-state index in [-0.39, 0.29) is 11.3 Å². The molecule has 1 aromatic rings. The fraction of sp³-hybridized carbons (Fsp3) is 0.222. The Kier molecular flexibility index (Phi) is 2.72. The van der Waals surface area contributed by atoms with Crippen LogP contribution in [0.25, 0.3) is 0 Å². The van der Waals surface area contributed by atoms with Crippen molar-refractivity contribution in [3.05, 3.63) is 29.8 Å². The first-order chi connectivity index (χ1) is 6.81. The molecule has 0 saturated heterocycles. The molecule has 0 spiro atoms. The largest absolute Gasteiger partial charge is 0.508 e. The van der Waals surface area contributed by atoms with Crippen molar-refractivity contribution in [1.29, 1.82) is 0 Å². The van der Waals surface area contributed by atoms with Crippen LogP contribution in [0.2, 0.25) is 0 Å². The van der Waals surface area contributed by atoms with Gasteiger partial charge in [0.15, 0.2) is 0 Å². The van der Waals surface area contributed by atoms with Crippen LogP contribution in [0, 0.1) is 0 Å². The van der Waals surface area contributed by atoms with Crippen molar-refractivity contribution in [2.45, 2.75) is 11.8 Å². The number of alkyl halides is 3. The molecule has 3 nitrogen and oxygen atoms in total. The van der Waals surface area contributed by atoms with Gasteiger partial charge in [0, 0.05) is 5.56 Å². The van der Waals surface area contributed by atoms with Crippen LogP contribution in [0.3, 0.4) is 0 Å². The number of benzene rings is 1. The minimum absolute atomic E-state index is 0.310. The van der Waals surface area contributed by atoms with E-state index in [2.05, 4.69) is 11.7 Å². The molecule has 3 N–H and O–H groups in total. The molecule has 0 amide bonds. The first-order valence-electron chi connectivity index (χ1n) is 3.94. The van der Waals surface area contributed by atoms with Crippen LogP contribution in [0.15, 0.2) is 29.3 Å². The maximum Gasteiger partial charge on any atom is 0.431 e. The van der Waals surface area contributed by atoms with Gasteiger partial charge in [-0.05, 0) is 18.9 Å². The van der Waals surface area contributed by atoms with Gasteiger partial charge >= 0.3 is 6.18 Å². The third-order valence-corrected chi connectivity index (χ3v) is 1.97. The second kappa shape index (κ2) is 3.54. The summed E-state index contributed by atoms with van der Waals surface area (Å²) in [7, 11) is 0. The lowest BCUT2D eigenvalue weighted by atomic mass is 10.0. The number of nitrogens with two attached hydrogens (primary N) is 1. The highest BCUT2D eigenvalue weighted by molar-refractivity contribution is 5.37. The molecule has 0 aromatic heterocycles. The molecule has 0 fully saturated rings. The molecule has 15 heavy (non-hydrogen) atoms. The molecule has 1 atom stereocenters. The number of aromatic hydroxyl groups is 1. The molecule has 0 bridgehead atoms. The molecule has 6 heteroatoms. The van der Waals surface area contributed by atoms with Gasteiger partial charge < -0.3 is 5.11 Å². The van der Waals surface area contributed by atoms with Crippen LogP contribution in [0.5, 0.6) is 5.75 Å². The number of aliphatic imine (C=N–C) groups is 1. The molecule has 0 heterocycles. The summed E-state index contributed by atoms with van der Waals surface area (Å²) in [6.07, 6.45) is -4.76. The number of nitrogens with zero attached hydrogens (tertiary/aromatic N) is 1. The van der Waals surface area contributed by atoms with Crippen LogP contribution < -0.4 is 5.73 Å². The molecule has 1 aromatic carbocycles. The third-order valence-electron chi connectivity index (χ3n) is 1.97. The zero-order valence-electron chi connectivity index (χ0n) is 7.62. The maximum atomic E-state index is 12.6. The van der Waals surface area contributed by atoms with Crippen LogP contribution in [-0.4, -0.2) is 18.0 Å². The lowest BCUT2D eigenvalue weighted by molar-refractivity contribution is -0.186. The summed E-state index contributed by atoms with van der Waals surface area (Å²) in [5.74, 6) is -0.310. The number of hydrogen-bond donors (Lipinski definition) is 2. The predicted molar refractivity (Wildman–Crippen MR) is 49.6 cm³/mol. The molecule has 0 aliphatic heterocycles. The zero-order valence-corrected chi connectivity index (χ0v) is 7.62. The average molecular weight is 218 g/mol. The average Bonchev–Trinajstić information content (AvgIpc) is 2.14. The van der Waals surface area contributed by atoms with Crippen LogP contribution in [0.1, 0.15) is 5.56 Å². The lowest BCUT2D eigenvalue weighted by Crippen LogP contribution is -2.48. The Hall–Kier alpha value is -1.56. The Morgan fingerprint density at radius 2 is 1.93 bits per heavy atom. The summed E-state index contributed by atoms with van der Waals surface area (Å²) in [6, 6.07) is 4.52. The van der Waals surface area contributed by atoms with Crippen molar-refractivity contribution < 1.29 is 18.3 Å². The van der Waals surface area contributed by atoms with Crippen molar-refractivity contribution in [3.63, 3.8) is 0 Å². The molecule has 0 aliphatic carbocycles. The van der Waals surface area contributed by atoms with E-state index in [9.17, 15) is 13.2 Å². The predicted octanol–water partition coefficient (Wildman–Crippen LogP) is 1.77. The number of rotatable bonds is 2. The standard InChI is InChI=1S/C9H9F3N2O/c1-14-8(13,9(10,11)12)6-3-2-4-7(15)5-6/h2-5,15H,1,13H2. The van der Waals surface area contributed by atoms with Crippen molar-refractivity contribution in [3.8, 4) is 5.75 Å². The maximum absolute atomic E-state index is 12.6. The Bertz CT molecular complexity index is 378. The molecule has 1 rings (SSSR count). The van der Waals surface area contributed by atoms with Gasteiger partial charge in [0.2, 0.25) is 5.66 Å². The molecule has 0 aliphatic rings. The quantitative estimate of drug-likeness (QED) is 0.743. The first kappa shape index (κ1) is 11.5. The van der Waals surface area contributed by atoms with Crippen molar-refractivity contribution in [2.24, 2.45) is 10.7 Å².